The third-order valence-electron chi connectivity index (χ3n) is 3.77. The van der Waals surface area contributed by atoms with Crippen molar-refractivity contribution in [1.82, 2.24) is 15.2 Å². The summed E-state index contributed by atoms with van der Waals surface area (Å²) in [4.78, 5) is 6.69. The topological polar surface area (TPSA) is 28.2 Å². The van der Waals surface area contributed by atoms with Crippen LogP contribution in [0.25, 0.3) is 0 Å². The van der Waals surface area contributed by atoms with E-state index >= 15 is 0 Å². The molecule has 2 rings (SSSR count). The van der Waals surface area contributed by atoms with Crippen molar-refractivity contribution < 1.29 is 4.39 Å². The van der Waals surface area contributed by atoms with Gasteiger partial charge in [-0.15, -0.1) is 0 Å². The van der Waals surface area contributed by atoms with Crippen LogP contribution in [0.1, 0.15) is 44.8 Å². The molecule has 1 aromatic rings. The molecule has 0 bridgehead atoms. The number of hydrogen-bond donors (Lipinski definition) is 1. The van der Waals surface area contributed by atoms with Crippen molar-refractivity contribution >= 4 is 0 Å². The van der Waals surface area contributed by atoms with Crippen molar-refractivity contribution in [3.8, 4) is 0 Å². The van der Waals surface area contributed by atoms with Gasteiger partial charge in [0.2, 0.25) is 0 Å². The van der Waals surface area contributed by atoms with Gasteiger partial charge in [0.1, 0.15) is 5.82 Å². The van der Waals surface area contributed by atoms with Crippen LogP contribution in [-0.4, -0.2) is 35.6 Å². The molecule has 0 radical (unpaired) electrons. The summed E-state index contributed by atoms with van der Waals surface area (Å²) < 4.78 is 12.9. The minimum Gasteiger partial charge on any atom is -0.307 e. The Bertz CT molecular complexity index is 375. The molecule has 1 aromatic heterocycles. The van der Waals surface area contributed by atoms with Gasteiger partial charge in [0.25, 0.3) is 0 Å². The molecule has 1 unspecified atom stereocenters. The minimum atomic E-state index is -0.274. The molecule has 1 aliphatic rings. The summed E-state index contributed by atoms with van der Waals surface area (Å²) in [6.45, 7) is 7.51. The molecule has 1 aliphatic carbocycles. The predicted molar refractivity (Wildman–Crippen MR) is 75.5 cm³/mol. The first-order valence-corrected chi connectivity index (χ1v) is 7.33. The Morgan fingerprint density at radius 3 is 2.74 bits per heavy atom. The maximum atomic E-state index is 12.9. The first kappa shape index (κ1) is 14.4. The third kappa shape index (κ3) is 4.25. The number of likely N-dealkylation sites (N-methyl/N-ethyl adjacent to an activating group) is 1. The van der Waals surface area contributed by atoms with E-state index in [9.17, 15) is 4.39 Å². The minimum absolute atomic E-state index is 0.221. The van der Waals surface area contributed by atoms with E-state index in [0.717, 1.165) is 37.8 Å². The summed E-state index contributed by atoms with van der Waals surface area (Å²) in [5, 5.41) is 3.53. The highest BCUT2D eigenvalue weighted by atomic mass is 19.1. The van der Waals surface area contributed by atoms with Crippen molar-refractivity contribution in [3.05, 3.63) is 29.8 Å². The zero-order chi connectivity index (χ0) is 13.7. The molecule has 3 nitrogen and oxygen atoms in total. The number of halogens is 1. The summed E-state index contributed by atoms with van der Waals surface area (Å²) in [6, 6.07) is 4.29. The van der Waals surface area contributed by atoms with Gasteiger partial charge in [-0.1, -0.05) is 13.8 Å². The summed E-state index contributed by atoms with van der Waals surface area (Å²) in [5.41, 5.74) is 0.929. The fraction of sp³-hybridized carbons (Fsp3) is 0.667. The van der Waals surface area contributed by atoms with Crippen LogP contribution in [-0.2, 0) is 0 Å². The predicted octanol–water partition coefficient (Wildman–Crippen LogP) is 2.75. The molecule has 1 fully saturated rings. The fourth-order valence-corrected chi connectivity index (χ4v) is 2.47. The molecule has 0 aromatic carbocycles. The van der Waals surface area contributed by atoms with Crippen LogP contribution in [0.5, 0.6) is 0 Å². The van der Waals surface area contributed by atoms with Crippen LogP contribution in [0.3, 0.4) is 0 Å². The van der Waals surface area contributed by atoms with Crippen molar-refractivity contribution in [1.29, 1.82) is 0 Å². The number of aromatic nitrogens is 1. The SMILES string of the molecule is CCC(NCCN(CC)C1CC1)c1ccc(F)cn1. The molecular formula is C15H24FN3. The Morgan fingerprint density at radius 1 is 1.42 bits per heavy atom. The number of rotatable bonds is 8. The van der Waals surface area contributed by atoms with E-state index in [0.29, 0.717) is 0 Å². The molecule has 19 heavy (non-hydrogen) atoms. The van der Waals surface area contributed by atoms with Gasteiger partial charge in [-0.25, -0.2) is 4.39 Å². The largest absolute Gasteiger partial charge is 0.307 e. The lowest BCUT2D eigenvalue weighted by atomic mass is 10.1. The van der Waals surface area contributed by atoms with Gasteiger partial charge >= 0.3 is 0 Å². The Labute approximate surface area is 115 Å². The quantitative estimate of drug-likeness (QED) is 0.783. The number of hydrogen-bond acceptors (Lipinski definition) is 3. The molecule has 4 heteroatoms. The summed E-state index contributed by atoms with van der Waals surface area (Å²) in [6.07, 6.45) is 4.96. The molecule has 0 spiro atoms. The molecule has 1 heterocycles. The second kappa shape index (κ2) is 6.96. The van der Waals surface area contributed by atoms with E-state index < -0.39 is 0 Å². The summed E-state index contributed by atoms with van der Waals surface area (Å²) >= 11 is 0. The van der Waals surface area contributed by atoms with Gasteiger partial charge in [0, 0.05) is 25.2 Å². The van der Waals surface area contributed by atoms with Crippen LogP contribution >= 0.6 is 0 Å². The van der Waals surface area contributed by atoms with Gasteiger partial charge < -0.3 is 5.32 Å². The Balaban J connectivity index is 1.80. The van der Waals surface area contributed by atoms with E-state index in [1.807, 2.05) is 0 Å². The Kier molecular flexibility index (Phi) is 5.28. The lowest BCUT2D eigenvalue weighted by molar-refractivity contribution is 0.271. The normalized spacial score (nSPS) is 16.8. The average Bonchev–Trinajstić information content (AvgIpc) is 3.25. The molecule has 1 N–H and O–H groups in total. The summed E-state index contributed by atoms with van der Waals surface area (Å²) in [7, 11) is 0. The first-order chi connectivity index (χ1) is 9.24. The fourth-order valence-electron chi connectivity index (χ4n) is 2.47. The zero-order valence-electron chi connectivity index (χ0n) is 11.9. The molecule has 1 saturated carbocycles. The number of nitrogens with zero attached hydrogens (tertiary/aromatic N) is 2. The standard InChI is InChI=1S/C15H24FN3/c1-3-14(15-8-5-12(16)11-18-15)17-9-10-19(4-2)13-6-7-13/h5,8,11,13-14,17H,3-4,6-7,9-10H2,1-2H3. The highest BCUT2D eigenvalue weighted by molar-refractivity contribution is 5.09. The second-order valence-electron chi connectivity index (χ2n) is 5.18. The number of nitrogens with one attached hydrogen (secondary N) is 1. The van der Waals surface area contributed by atoms with Crippen molar-refractivity contribution in [2.24, 2.45) is 0 Å². The Morgan fingerprint density at radius 2 is 2.21 bits per heavy atom. The second-order valence-corrected chi connectivity index (χ2v) is 5.18. The van der Waals surface area contributed by atoms with Crippen LogP contribution in [0.15, 0.2) is 18.3 Å². The lowest BCUT2D eigenvalue weighted by Crippen LogP contribution is -2.35. The maximum absolute atomic E-state index is 12.9. The van der Waals surface area contributed by atoms with Crippen LogP contribution in [0.4, 0.5) is 4.39 Å². The monoisotopic (exact) mass is 265 g/mol. The summed E-state index contributed by atoms with van der Waals surface area (Å²) in [5.74, 6) is -0.274. The molecule has 0 aliphatic heterocycles. The maximum Gasteiger partial charge on any atom is 0.141 e. The van der Waals surface area contributed by atoms with E-state index in [2.05, 4.69) is 29.0 Å². The zero-order valence-corrected chi connectivity index (χ0v) is 11.9. The third-order valence-corrected chi connectivity index (χ3v) is 3.77. The van der Waals surface area contributed by atoms with Gasteiger partial charge in [-0.2, -0.15) is 0 Å². The Hall–Kier alpha value is -1.00. The van der Waals surface area contributed by atoms with E-state index in [1.54, 1.807) is 6.07 Å². The van der Waals surface area contributed by atoms with Crippen molar-refractivity contribution in [2.45, 2.75) is 45.2 Å². The van der Waals surface area contributed by atoms with Gasteiger partial charge in [0.05, 0.1) is 11.9 Å². The van der Waals surface area contributed by atoms with Crippen LogP contribution in [0.2, 0.25) is 0 Å². The van der Waals surface area contributed by atoms with Gasteiger partial charge in [0.15, 0.2) is 0 Å². The van der Waals surface area contributed by atoms with E-state index in [-0.39, 0.29) is 11.9 Å². The highest BCUT2D eigenvalue weighted by Crippen LogP contribution is 2.26. The molecular weight excluding hydrogens is 241 g/mol. The van der Waals surface area contributed by atoms with Crippen molar-refractivity contribution in [3.63, 3.8) is 0 Å². The van der Waals surface area contributed by atoms with Gasteiger partial charge in [-0.3, -0.25) is 9.88 Å². The molecule has 0 amide bonds. The van der Waals surface area contributed by atoms with Gasteiger partial charge in [-0.05, 0) is 37.9 Å². The van der Waals surface area contributed by atoms with E-state index in [4.69, 9.17) is 0 Å². The molecule has 0 saturated heterocycles. The van der Waals surface area contributed by atoms with Crippen molar-refractivity contribution in [2.75, 3.05) is 19.6 Å². The highest BCUT2D eigenvalue weighted by Gasteiger charge is 2.27. The smallest absolute Gasteiger partial charge is 0.141 e. The average molecular weight is 265 g/mol. The lowest BCUT2D eigenvalue weighted by Gasteiger charge is -2.22. The molecule has 1 atom stereocenters. The van der Waals surface area contributed by atoms with E-state index in [1.165, 1.54) is 25.1 Å². The van der Waals surface area contributed by atoms with Crippen LogP contribution in [0, 0.1) is 5.82 Å². The van der Waals surface area contributed by atoms with Crippen LogP contribution < -0.4 is 5.32 Å². The molecule has 106 valence electrons. The first-order valence-electron chi connectivity index (χ1n) is 7.33. The number of pyridine rings is 1.